The first-order valence-electron chi connectivity index (χ1n) is 10.0. The van der Waals surface area contributed by atoms with Gasteiger partial charge in [-0.15, -0.1) is 0 Å². The van der Waals surface area contributed by atoms with Crippen molar-refractivity contribution in [3.63, 3.8) is 0 Å². The zero-order valence-electron chi connectivity index (χ0n) is 17.0. The minimum atomic E-state index is -0.325. The van der Waals surface area contributed by atoms with Crippen molar-refractivity contribution < 1.29 is 23.8 Å². The molecular formula is C24H21BrN2O5. The number of halogens is 1. The first-order valence-corrected chi connectivity index (χ1v) is 10.8. The molecule has 0 saturated carbocycles. The summed E-state index contributed by atoms with van der Waals surface area (Å²) in [7, 11) is 0. The molecule has 0 aliphatic carbocycles. The lowest BCUT2D eigenvalue weighted by molar-refractivity contribution is -0.118. The molecule has 0 spiro atoms. The van der Waals surface area contributed by atoms with Gasteiger partial charge in [-0.1, -0.05) is 40.2 Å². The number of para-hydroxylation sites is 3. The molecule has 32 heavy (non-hydrogen) atoms. The molecule has 0 radical (unpaired) electrons. The van der Waals surface area contributed by atoms with Crippen molar-refractivity contribution >= 4 is 33.4 Å². The highest BCUT2D eigenvalue weighted by molar-refractivity contribution is 9.10. The van der Waals surface area contributed by atoms with Gasteiger partial charge < -0.3 is 24.8 Å². The molecule has 0 unspecified atom stereocenters. The van der Waals surface area contributed by atoms with E-state index in [-0.39, 0.29) is 31.1 Å². The van der Waals surface area contributed by atoms with Gasteiger partial charge in [0, 0.05) is 10.2 Å². The fraction of sp³-hybridized carbons (Fsp3) is 0.167. The average Bonchev–Trinajstić information content (AvgIpc) is 2.82. The van der Waals surface area contributed by atoms with Crippen LogP contribution < -0.4 is 24.8 Å². The maximum atomic E-state index is 12.7. The summed E-state index contributed by atoms with van der Waals surface area (Å²) in [5, 5.41) is 5.59. The number of carbonyl (C=O) groups excluding carboxylic acids is 2. The second-order valence-electron chi connectivity index (χ2n) is 7.05. The van der Waals surface area contributed by atoms with Crippen molar-refractivity contribution in [3.05, 3.63) is 82.8 Å². The van der Waals surface area contributed by atoms with E-state index in [0.717, 1.165) is 4.47 Å². The van der Waals surface area contributed by atoms with E-state index in [9.17, 15) is 9.59 Å². The number of hydrogen-bond acceptors (Lipinski definition) is 5. The summed E-state index contributed by atoms with van der Waals surface area (Å²) in [6, 6.07) is 21.4. The maximum Gasteiger partial charge on any atom is 0.262 e. The van der Waals surface area contributed by atoms with E-state index in [4.69, 9.17) is 14.2 Å². The second kappa shape index (κ2) is 10.2. The summed E-state index contributed by atoms with van der Waals surface area (Å²) in [5.41, 5.74) is 0.991. The first-order chi connectivity index (χ1) is 15.6. The molecule has 2 N–H and O–H groups in total. The van der Waals surface area contributed by atoms with Crippen LogP contribution in [0.2, 0.25) is 0 Å². The van der Waals surface area contributed by atoms with Gasteiger partial charge in [0.05, 0.1) is 12.1 Å². The fourth-order valence-electron chi connectivity index (χ4n) is 3.12. The van der Waals surface area contributed by atoms with Crippen molar-refractivity contribution in [1.82, 2.24) is 5.32 Å². The lowest BCUT2D eigenvalue weighted by Crippen LogP contribution is -2.40. The summed E-state index contributed by atoms with van der Waals surface area (Å²) in [5.74, 6) is 1.01. The molecule has 1 heterocycles. The number of rotatable bonds is 7. The van der Waals surface area contributed by atoms with Crippen molar-refractivity contribution in [1.29, 1.82) is 0 Å². The van der Waals surface area contributed by atoms with E-state index in [1.54, 1.807) is 36.4 Å². The van der Waals surface area contributed by atoms with Crippen LogP contribution >= 0.6 is 15.9 Å². The molecule has 164 valence electrons. The van der Waals surface area contributed by atoms with Crippen molar-refractivity contribution in [3.8, 4) is 17.2 Å². The molecule has 1 atom stereocenters. The SMILES string of the molecule is O=C(COc1ccccc1C(=O)NC[C@@H]1COc2ccccc2O1)Nc1ccc(Br)cc1. The third-order valence-corrected chi connectivity index (χ3v) is 5.20. The average molecular weight is 497 g/mol. The van der Waals surface area contributed by atoms with Gasteiger partial charge in [-0.3, -0.25) is 9.59 Å². The number of anilines is 1. The Morgan fingerprint density at radius 2 is 1.69 bits per heavy atom. The zero-order valence-corrected chi connectivity index (χ0v) is 18.6. The predicted octanol–water partition coefficient (Wildman–Crippen LogP) is 4.04. The molecule has 1 aliphatic rings. The number of fused-ring (bicyclic) bond motifs is 1. The van der Waals surface area contributed by atoms with Crippen LogP contribution in [0.5, 0.6) is 17.2 Å². The maximum absolute atomic E-state index is 12.7. The van der Waals surface area contributed by atoms with E-state index < -0.39 is 0 Å². The van der Waals surface area contributed by atoms with Crippen LogP contribution in [-0.2, 0) is 4.79 Å². The molecule has 0 aromatic heterocycles. The van der Waals surface area contributed by atoms with Gasteiger partial charge in [0.15, 0.2) is 18.1 Å². The summed E-state index contributed by atoms with van der Waals surface area (Å²) in [6.45, 7) is 0.383. The highest BCUT2D eigenvalue weighted by Gasteiger charge is 2.22. The van der Waals surface area contributed by atoms with Gasteiger partial charge in [-0.2, -0.15) is 0 Å². The Morgan fingerprint density at radius 1 is 0.969 bits per heavy atom. The van der Waals surface area contributed by atoms with Gasteiger partial charge in [0.2, 0.25) is 0 Å². The van der Waals surface area contributed by atoms with Crippen LogP contribution in [0.3, 0.4) is 0 Å². The van der Waals surface area contributed by atoms with Gasteiger partial charge in [0.25, 0.3) is 11.8 Å². The molecule has 2 amide bonds. The lowest BCUT2D eigenvalue weighted by Gasteiger charge is -2.26. The first kappa shape index (κ1) is 21.7. The van der Waals surface area contributed by atoms with E-state index in [2.05, 4.69) is 26.6 Å². The predicted molar refractivity (Wildman–Crippen MR) is 123 cm³/mol. The van der Waals surface area contributed by atoms with Crippen LogP contribution in [0, 0.1) is 0 Å². The number of amides is 2. The zero-order chi connectivity index (χ0) is 22.3. The molecule has 7 nitrogen and oxygen atoms in total. The summed E-state index contributed by atoms with van der Waals surface area (Å²) in [4.78, 5) is 24.9. The second-order valence-corrected chi connectivity index (χ2v) is 7.96. The molecule has 1 aliphatic heterocycles. The van der Waals surface area contributed by atoms with Crippen molar-refractivity contribution in [2.45, 2.75) is 6.10 Å². The number of nitrogens with one attached hydrogen (secondary N) is 2. The Balaban J connectivity index is 1.31. The van der Waals surface area contributed by atoms with E-state index >= 15 is 0 Å². The monoisotopic (exact) mass is 496 g/mol. The minimum Gasteiger partial charge on any atom is -0.486 e. The van der Waals surface area contributed by atoms with Crippen molar-refractivity contribution in [2.75, 3.05) is 25.1 Å². The number of hydrogen-bond donors (Lipinski definition) is 2. The van der Waals surface area contributed by atoms with Crippen LogP contribution in [0.1, 0.15) is 10.4 Å². The molecule has 8 heteroatoms. The van der Waals surface area contributed by atoms with E-state index in [1.807, 2.05) is 36.4 Å². The van der Waals surface area contributed by atoms with Crippen molar-refractivity contribution in [2.24, 2.45) is 0 Å². The summed E-state index contributed by atoms with van der Waals surface area (Å²) < 4.78 is 18.1. The van der Waals surface area contributed by atoms with Gasteiger partial charge in [-0.25, -0.2) is 0 Å². The summed E-state index contributed by atoms with van der Waals surface area (Å²) >= 11 is 3.35. The van der Waals surface area contributed by atoms with Gasteiger partial charge in [-0.05, 0) is 48.5 Å². The quantitative estimate of drug-likeness (QED) is 0.515. The Hall–Kier alpha value is -3.52. The number of ether oxygens (including phenoxy) is 3. The largest absolute Gasteiger partial charge is 0.486 e. The molecule has 0 saturated heterocycles. The Labute approximate surface area is 193 Å². The van der Waals surface area contributed by atoms with Crippen LogP contribution in [0.4, 0.5) is 5.69 Å². The third-order valence-electron chi connectivity index (χ3n) is 4.68. The standard InChI is InChI=1S/C24H21BrN2O5/c25-16-9-11-17(12-10-16)27-23(28)15-31-20-6-2-1-5-19(20)24(29)26-13-18-14-30-21-7-3-4-8-22(21)32-18/h1-12,18H,13-15H2,(H,26,29)(H,27,28)/t18-/m1/s1. The smallest absolute Gasteiger partial charge is 0.262 e. The molecule has 3 aromatic rings. The highest BCUT2D eigenvalue weighted by atomic mass is 79.9. The minimum absolute atomic E-state index is 0.225. The molecular weight excluding hydrogens is 476 g/mol. The Kier molecular flexibility index (Phi) is 6.91. The molecule has 0 fully saturated rings. The molecule has 0 bridgehead atoms. The molecule has 4 rings (SSSR count). The molecule has 3 aromatic carbocycles. The Morgan fingerprint density at radius 3 is 2.50 bits per heavy atom. The van der Waals surface area contributed by atoms with Crippen LogP contribution in [-0.4, -0.2) is 37.7 Å². The van der Waals surface area contributed by atoms with Crippen LogP contribution in [0.25, 0.3) is 0 Å². The van der Waals surface area contributed by atoms with Gasteiger partial charge in [0.1, 0.15) is 18.5 Å². The fourth-order valence-corrected chi connectivity index (χ4v) is 3.38. The summed E-state index contributed by atoms with van der Waals surface area (Å²) in [6.07, 6.45) is -0.307. The topological polar surface area (TPSA) is 85.9 Å². The van der Waals surface area contributed by atoms with Crippen LogP contribution in [0.15, 0.2) is 77.3 Å². The number of carbonyl (C=O) groups is 2. The lowest BCUT2D eigenvalue weighted by atomic mass is 10.2. The van der Waals surface area contributed by atoms with E-state index in [1.165, 1.54) is 0 Å². The van der Waals surface area contributed by atoms with Gasteiger partial charge >= 0.3 is 0 Å². The third kappa shape index (κ3) is 5.59. The van der Waals surface area contributed by atoms with E-state index in [0.29, 0.717) is 35.1 Å². The Bertz CT molecular complexity index is 1100. The highest BCUT2D eigenvalue weighted by Crippen LogP contribution is 2.30. The normalized spacial score (nSPS) is 14.3. The number of benzene rings is 3.